The first kappa shape index (κ1) is 7.53. The van der Waals surface area contributed by atoms with E-state index in [1.807, 2.05) is 0 Å². The largest absolute Gasteiger partial charge is 0.325 e. The third-order valence-corrected chi connectivity index (χ3v) is 3.54. The molecule has 0 aliphatic carbocycles. The lowest BCUT2D eigenvalue weighted by Crippen LogP contribution is -2.65. The third-order valence-electron chi connectivity index (χ3n) is 3.54. The van der Waals surface area contributed by atoms with Crippen LogP contribution in [-0.4, -0.2) is 29.7 Å². The van der Waals surface area contributed by atoms with Crippen molar-refractivity contribution in [2.45, 2.75) is 43.4 Å². The van der Waals surface area contributed by atoms with Crippen molar-refractivity contribution in [2.75, 3.05) is 7.05 Å². The van der Waals surface area contributed by atoms with Crippen molar-refractivity contribution in [1.82, 2.24) is 4.90 Å². The van der Waals surface area contributed by atoms with Gasteiger partial charge in [0.25, 0.3) is 0 Å². The van der Waals surface area contributed by atoms with Crippen molar-refractivity contribution in [3.8, 4) is 0 Å². The van der Waals surface area contributed by atoms with Crippen LogP contribution in [0.25, 0.3) is 0 Å². The Morgan fingerprint density at radius 2 is 2.09 bits per heavy atom. The minimum absolute atomic E-state index is 0.178. The number of nitrogens with zero attached hydrogens (tertiary/aromatic N) is 1. The Balaban J connectivity index is 2.26. The van der Waals surface area contributed by atoms with Crippen LogP contribution in [0.3, 0.4) is 0 Å². The standard InChI is InChI=1S/C8H17N3/c1-11-6-2-3-7(9)8(11,10)5-4-6/h6-7H,2-5,9-10H2,1H3. The summed E-state index contributed by atoms with van der Waals surface area (Å²) in [4.78, 5) is 2.28. The summed E-state index contributed by atoms with van der Waals surface area (Å²) in [6, 6.07) is 0.894. The highest BCUT2D eigenvalue weighted by Gasteiger charge is 2.48. The zero-order valence-electron chi connectivity index (χ0n) is 7.09. The summed E-state index contributed by atoms with van der Waals surface area (Å²) < 4.78 is 0. The fourth-order valence-corrected chi connectivity index (χ4v) is 2.51. The van der Waals surface area contributed by atoms with Gasteiger partial charge in [0.1, 0.15) is 0 Å². The number of hydrogen-bond donors (Lipinski definition) is 2. The second-order valence-corrected chi connectivity index (χ2v) is 3.98. The molecule has 0 radical (unpaired) electrons. The SMILES string of the molecule is CN1C2CCC(N)C1(N)CC2. The van der Waals surface area contributed by atoms with E-state index >= 15 is 0 Å². The lowest BCUT2D eigenvalue weighted by molar-refractivity contribution is 0.0670. The number of nitrogens with two attached hydrogens (primary N) is 2. The van der Waals surface area contributed by atoms with E-state index in [2.05, 4.69) is 11.9 Å². The van der Waals surface area contributed by atoms with Crippen LogP contribution in [0, 0.1) is 0 Å². The number of hydrogen-bond acceptors (Lipinski definition) is 3. The summed E-state index contributed by atoms with van der Waals surface area (Å²) >= 11 is 0. The second-order valence-electron chi connectivity index (χ2n) is 3.98. The van der Waals surface area contributed by atoms with Gasteiger partial charge in [-0.3, -0.25) is 4.90 Å². The van der Waals surface area contributed by atoms with Crippen molar-refractivity contribution in [3.05, 3.63) is 0 Å². The van der Waals surface area contributed by atoms with Crippen molar-refractivity contribution in [2.24, 2.45) is 11.5 Å². The molecule has 3 heteroatoms. The average molecular weight is 155 g/mol. The Bertz CT molecular complexity index is 169. The van der Waals surface area contributed by atoms with Crippen LogP contribution in [0.1, 0.15) is 25.7 Å². The van der Waals surface area contributed by atoms with Crippen LogP contribution < -0.4 is 11.5 Å². The van der Waals surface area contributed by atoms with E-state index in [9.17, 15) is 0 Å². The summed E-state index contributed by atoms with van der Waals surface area (Å²) in [5, 5.41) is 0. The first-order valence-electron chi connectivity index (χ1n) is 4.42. The van der Waals surface area contributed by atoms with Gasteiger partial charge in [-0.1, -0.05) is 0 Å². The molecule has 64 valence electrons. The molecule has 0 spiro atoms. The maximum atomic E-state index is 6.19. The molecule has 3 nitrogen and oxygen atoms in total. The Hall–Kier alpha value is -0.120. The molecule has 2 fully saturated rings. The van der Waals surface area contributed by atoms with Gasteiger partial charge in [-0.25, -0.2) is 0 Å². The molecular formula is C8H17N3. The first-order chi connectivity index (χ1) is 5.14. The van der Waals surface area contributed by atoms with Crippen LogP contribution in [0.4, 0.5) is 0 Å². The molecule has 3 atom stereocenters. The molecule has 0 aromatic rings. The monoisotopic (exact) mass is 155 g/mol. The van der Waals surface area contributed by atoms with Gasteiger partial charge in [-0.2, -0.15) is 0 Å². The fraction of sp³-hybridized carbons (Fsp3) is 1.00. The summed E-state index contributed by atoms with van der Waals surface area (Å²) in [5.74, 6) is 0. The van der Waals surface area contributed by atoms with Crippen LogP contribution >= 0.6 is 0 Å². The van der Waals surface area contributed by atoms with E-state index < -0.39 is 0 Å². The summed E-state index contributed by atoms with van der Waals surface area (Å²) in [5.41, 5.74) is 12.0. The summed E-state index contributed by atoms with van der Waals surface area (Å²) in [6.07, 6.45) is 4.65. The van der Waals surface area contributed by atoms with Crippen molar-refractivity contribution < 1.29 is 0 Å². The van der Waals surface area contributed by atoms with Gasteiger partial charge < -0.3 is 11.5 Å². The van der Waals surface area contributed by atoms with Crippen LogP contribution in [-0.2, 0) is 0 Å². The Morgan fingerprint density at radius 1 is 1.36 bits per heavy atom. The quantitative estimate of drug-likeness (QED) is 0.512. The summed E-state index contributed by atoms with van der Waals surface area (Å²) in [7, 11) is 2.11. The highest BCUT2D eigenvalue weighted by atomic mass is 15.3. The minimum atomic E-state index is -0.178. The van der Waals surface area contributed by atoms with Crippen molar-refractivity contribution in [1.29, 1.82) is 0 Å². The molecule has 2 heterocycles. The van der Waals surface area contributed by atoms with Crippen LogP contribution in [0.2, 0.25) is 0 Å². The molecule has 2 saturated heterocycles. The third kappa shape index (κ3) is 0.849. The molecular weight excluding hydrogens is 138 g/mol. The number of fused-ring (bicyclic) bond motifs is 2. The Labute approximate surface area is 67.7 Å². The second kappa shape index (κ2) is 2.19. The molecule has 2 aliphatic rings. The maximum Gasteiger partial charge on any atom is 0.0843 e. The lowest BCUT2D eigenvalue weighted by Gasteiger charge is -2.44. The van der Waals surface area contributed by atoms with Gasteiger partial charge in [0.2, 0.25) is 0 Å². The highest BCUT2D eigenvalue weighted by molar-refractivity contribution is 5.05. The van der Waals surface area contributed by atoms with E-state index in [-0.39, 0.29) is 11.7 Å². The van der Waals surface area contributed by atoms with Gasteiger partial charge in [-0.15, -0.1) is 0 Å². The molecule has 4 N–H and O–H groups in total. The van der Waals surface area contributed by atoms with E-state index in [0.29, 0.717) is 6.04 Å². The first-order valence-corrected chi connectivity index (χ1v) is 4.42. The molecule has 11 heavy (non-hydrogen) atoms. The van der Waals surface area contributed by atoms with Crippen LogP contribution in [0.5, 0.6) is 0 Å². The molecule has 0 amide bonds. The highest BCUT2D eigenvalue weighted by Crippen LogP contribution is 2.38. The predicted octanol–water partition coefficient (Wildman–Crippen LogP) is -0.143. The zero-order valence-corrected chi connectivity index (χ0v) is 7.09. The molecule has 3 unspecified atom stereocenters. The molecule has 0 aromatic heterocycles. The fourth-order valence-electron chi connectivity index (χ4n) is 2.51. The molecule has 2 aliphatic heterocycles. The molecule has 2 rings (SSSR count). The Morgan fingerprint density at radius 3 is 2.73 bits per heavy atom. The van der Waals surface area contributed by atoms with E-state index in [0.717, 1.165) is 12.8 Å². The topological polar surface area (TPSA) is 55.3 Å². The molecule has 0 aromatic carbocycles. The van der Waals surface area contributed by atoms with Gasteiger partial charge in [-0.05, 0) is 32.7 Å². The molecule has 2 bridgehead atoms. The smallest absolute Gasteiger partial charge is 0.0843 e. The normalized spacial score (nSPS) is 51.5. The molecule has 0 saturated carbocycles. The Kier molecular flexibility index (Phi) is 1.50. The van der Waals surface area contributed by atoms with Gasteiger partial charge >= 0.3 is 0 Å². The van der Waals surface area contributed by atoms with Gasteiger partial charge in [0, 0.05) is 12.1 Å². The van der Waals surface area contributed by atoms with E-state index in [4.69, 9.17) is 11.5 Å². The van der Waals surface area contributed by atoms with E-state index in [1.165, 1.54) is 12.8 Å². The van der Waals surface area contributed by atoms with Gasteiger partial charge in [0.05, 0.1) is 5.66 Å². The van der Waals surface area contributed by atoms with Crippen LogP contribution in [0.15, 0.2) is 0 Å². The minimum Gasteiger partial charge on any atom is -0.325 e. The van der Waals surface area contributed by atoms with E-state index in [1.54, 1.807) is 0 Å². The maximum absolute atomic E-state index is 6.19. The average Bonchev–Trinajstić information content (AvgIpc) is 2.16. The van der Waals surface area contributed by atoms with Crippen molar-refractivity contribution in [3.63, 3.8) is 0 Å². The van der Waals surface area contributed by atoms with Crippen molar-refractivity contribution >= 4 is 0 Å². The lowest BCUT2D eigenvalue weighted by atomic mass is 9.93. The number of piperidine rings is 1. The predicted molar refractivity (Wildman–Crippen MR) is 44.9 cm³/mol. The zero-order chi connectivity index (χ0) is 8.06. The number of rotatable bonds is 0. The number of likely N-dealkylation sites (N-methyl/N-ethyl adjacent to an activating group) is 1. The van der Waals surface area contributed by atoms with Gasteiger partial charge in [0.15, 0.2) is 0 Å². The summed E-state index contributed by atoms with van der Waals surface area (Å²) in [6.45, 7) is 0.